The minimum atomic E-state index is 0.482. The molecule has 0 amide bonds. The van der Waals surface area contributed by atoms with Crippen LogP contribution in [0.5, 0.6) is 0 Å². The maximum Gasteiger partial charge on any atom is 0.0619 e. The zero-order valence-corrected chi connectivity index (χ0v) is 9.70. The van der Waals surface area contributed by atoms with Crippen LogP contribution in [0.4, 0.5) is 0 Å². The predicted octanol–water partition coefficient (Wildman–Crippen LogP) is 2.56. The van der Waals surface area contributed by atoms with Crippen LogP contribution in [0.3, 0.4) is 0 Å². The molecule has 1 saturated heterocycles. The summed E-state index contributed by atoms with van der Waals surface area (Å²) in [5.74, 6) is 0. The van der Waals surface area contributed by atoms with Gasteiger partial charge in [-0.2, -0.15) is 0 Å². The zero-order valence-electron chi connectivity index (χ0n) is 8.95. The number of nitrogens with zero attached hydrogens (tertiary/aromatic N) is 1. The van der Waals surface area contributed by atoms with Gasteiger partial charge in [0.05, 0.1) is 13.2 Å². The monoisotopic (exact) mass is 225 g/mol. The average molecular weight is 226 g/mol. The van der Waals surface area contributed by atoms with Gasteiger partial charge in [0.25, 0.3) is 0 Å². The van der Waals surface area contributed by atoms with Gasteiger partial charge < -0.3 is 4.74 Å². The summed E-state index contributed by atoms with van der Waals surface area (Å²) in [6, 6.07) is 8.52. The molecule has 2 nitrogen and oxygen atoms in total. The normalized spacial score (nSPS) is 22.9. The largest absolute Gasteiger partial charge is 0.379 e. The Bertz CT molecular complexity index is 329. The lowest BCUT2D eigenvalue weighted by Crippen LogP contribution is -2.42. The molecule has 0 bridgehead atoms. The molecule has 1 aliphatic heterocycles. The van der Waals surface area contributed by atoms with Crippen molar-refractivity contribution >= 4 is 11.6 Å². The van der Waals surface area contributed by atoms with Crippen molar-refractivity contribution in [2.24, 2.45) is 0 Å². The van der Waals surface area contributed by atoms with Gasteiger partial charge in [-0.25, -0.2) is 0 Å². The van der Waals surface area contributed by atoms with Gasteiger partial charge in [-0.3, -0.25) is 4.90 Å². The Morgan fingerprint density at radius 1 is 1.47 bits per heavy atom. The predicted molar refractivity (Wildman–Crippen MR) is 62.1 cm³/mol. The molecule has 1 fully saturated rings. The molecule has 0 spiro atoms. The highest BCUT2D eigenvalue weighted by Crippen LogP contribution is 2.19. The third-order valence-electron chi connectivity index (χ3n) is 2.84. The van der Waals surface area contributed by atoms with E-state index in [4.69, 9.17) is 16.3 Å². The van der Waals surface area contributed by atoms with E-state index in [1.54, 1.807) is 0 Å². The van der Waals surface area contributed by atoms with Crippen molar-refractivity contribution in [3.05, 3.63) is 34.9 Å². The van der Waals surface area contributed by atoms with Gasteiger partial charge in [0.1, 0.15) is 0 Å². The quantitative estimate of drug-likeness (QED) is 0.767. The first-order chi connectivity index (χ1) is 7.27. The van der Waals surface area contributed by atoms with E-state index >= 15 is 0 Å². The molecule has 2 rings (SSSR count). The first-order valence-corrected chi connectivity index (χ1v) is 5.70. The van der Waals surface area contributed by atoms with Crippen molar-refractivity contribution in [1.29, 1.82) is 0 Å². The van der Waals surface area contributed by atoms with Crippen LogP contribution in [0.15, 0.2) is 24.3 Å². The number of hydrogen-bond acceptors (Lipinski definition) is 2. The molecule has 82 valence electrons. The third-order valence-corrected chi connectivity index (χ3v) is 3.21. The van der Waals surface area contributed by atoms with Gasteiger partial charge in [-0.1, -0.05) is 29.8 Å². The zero-order chi connectivity index (χ0) is 10.7. The van der Waals surface area contributed by atoms with E-state index in [9.17, 15) is 0 Å². The summed E-state index contributed by atoms with van der Waals surface area (Å²) in [4.78, 5) is 2.41. The second kappa shape index (κ2) is 4.97. The Labute approximate surface area is 95.8 Å². The summed E-state index contributed by atoms with van der Waals surface area (Å²) in [5, 5.41) is 0.858. The van der Waals surface area contributed by atoms with Gasteiger partial charge in [-0.15, -0.1) is 0 Å². The van der Waals surface area contributed by atoms with Crippen molar-refractivity contribution in [2.75, 3.05) is 19.8 Å². The molecule has 0 aromatic heterocycles. The molecule has 1 atom stereocenters. The van der Waals surface area contributed by atoms with Crippen molar-refractivity contribution in [3.8, 4) is 0 Å². The SMILES string of the molecule is CC1COCCN1Cc1ccccc1Cl. The number of ether oxygens (including phenoxy) is 1. The van der Waals surface area contributed by atoms with E-state index in [2.05, 4.69) is 17.9 Å². The summed E-state index contributed by atoms with van der Waals surface area (Å²) in [7, 11) is 0. The minimum Gasteiger partial charge on any atom is -0.379 e. The van der Waals surface area contributed by atoms with Crippen LogP contribution in [-0.2, 0) is 11.3 Å². The Morgan fingerprint density at radius 2 is 2.27 bits per heavy atom. The van der Waals surface area contributed by atoms with Crippen LogP contribution >= 0.6 is 11.6 Å². The summed E-state index contributed by atoms with van der Waals surface area (Å²) >= 11 is 6.13. The molecule has 0 aliphatic carbocycles. The highest BCUT2D eigenvalue weighted by atomic mass is 35.5. The molecule has 0 saturated carbocycles. The van der Waals surface area contributed by atoms with Crippen molar-refractivity contribution in [2.45, 2.75) is 19.5 Å². The lowest BCUT2D eigenvalue weighted by atomic mass is 10.1. The molecule has 3 heteroatoms. The second-order valence-electron chi connectivity index (χ2n) is 3.99. The van der Waals surface area contributed by atoms with Crippen LogP contribution in [0.25, 0.3) is 0 Å². The molecule has 0 N–H and O–H groups in total. The van der Waals surface area contributed by atoms with Crippen LogP contribution in [0.2, 0.25) is 5.02 Å². The molecule has 1 aliphatic rings. The lowest BCUT2D eigenvalue weighted by molar-refractivity contribution is -0.00435. The fourth-order valence-corrected chi connectivity index (χ4v) is 2.04. The van der Waals surface area contributed by atoms with Crippen molar-refractivity contribution in [3.63, 3.8) is 0 Å². The van der Waals surface area contributed by atoms with E-state index < -0.39 is 0 Å². The fourth-order valence-electron chi connectivity index (χ4n) is 1.84. The first-order valence-electron chi connectivity index (χ1n) is 5.32. The van der Waals surface area contributed by atoms with Gasteiger partial charge in [0.2, 0.25) is 0 Å². The molecule has 1 aromatic carbocycles. The van der Waals surface area contributed by atoms with Crippen molar-refractivity contribution < 1.29 is 4.74 Å². The van der Waals surface area contributed by atoms with E-state index in [-0.39, 0.29) is 0 Å². The topological polar surface area (TPSA) is 12.5 Å². The number of benzene rings is 1. The van der Waals surface area contributed by atoms with E-state index in [1.165, 1.54) is 5.56 Å². The Kier molecular flexibility index (Phi) is 3.62. The number of hydrogen-bond donors (Lipinski definition) is 0. The summed E-state index contributed by atoms with van der Waals surface area (Å²) in [6.45, 7) is 5.76. The highest BCUT2D eigenvalue weighted by molar-refractivity contribution is 6.31. The number of halogens is 1. The lowest BCUT2D eigenvalue weighted by Gasteiger charge is -2.33. The van der Waals surface area contributed by atoms with Crippen LogP contribution < -0.4 is 0 Å². The average Bonchev–Trinajstić information content (AvgIpc) is 2.24. The summed E-state index contributed by atoms with van der Waals surface area (Å²) in [6.07, 6.45) is 0. The molecule has 0 radical (unpaired) electrons. The number of rotatable bonds is 2. The van der Waals surface area contributed by atoms with Crippen LogP contribution in [-0.4, -0.2) is 30.7 Å². The van der Waals surface area contributed by atoms with E-state index in [1.807, 2.05) is 18.2 Å². The Balaban J connectivity index is 2.04. The van der Waals surface area contributed by atoms with Gasteiger partial charge in [-0.05, 0) is 18.6 Å². The van der Waals surface area contributed by atoms with Crippen molar-refractivity contribution in [1.82, 2.24) is 4.90 Å². The molecular weight excluding hydrogens is 210 g/mol. The molecule has 1 unspecified atom stereocenters. The number of morpholine rings is 1. The molecule has 1 heterocycles. The van der Waals surface area contributed by atoms with Crippen LogP contribution in [0.1, 0.15) is 12.5 Å². The standard InChI is InChI=1S/C12H16ClNO/c1-10-9-15-7-6-14(10)8-11-4-2-3-5-12(11)13/h2-5,10H,6-9H2,1H3. The maximum absolute atomic E-state index is 6.13. The van der Waals surface area contributed by atoms with Gasteiger partial charge in [0, 0.05) is 24.2 Å². The van der Waals surface area contributed by atoms with Gasteiger partial charge >= 0.3 is 0 Å². The summed E-state index contributed by atoms with van der Waals surface area (Å²) in [5.41, 5.74) is 1.20. The van der Waals surface area contributed by atoms with Crippen LogP contribution in [0, 0.1) is 0 Å². The molecule has 1 aromatic rings. The highest BCUT2D eigenvalue weighted by Gasteiger charge is 2.19. The Hall–Kier alpha value is -0.570. The molecular formula is C12H16ClNO. The minimum absolute atomic E-state index is 0.482. The first kappa shape index (κ1) is 10.9. The summed E-state index contributed by atoms with van der Waals surface area (Å²) < 4.78 is 5.41. The van der Waals surface area contributed by atoms with Gasteiger partial charge in [0.15, 0.2) is 0 Å². The fraction of sp³-hybridized carbons (Fsp3) is 0.500. The molecule has 15 heavy (non-hydrogen) atoms. The Morgan fingerprint density at radius 3 is 3.00 bits per heavy atom. The van der Waals surface area contributed by atoms with E-state index in [0.29, 0.717) is 6.04 Å². The maximum atomic E-state index is 6.13. The third kappa shape index (κ3) is 2.71. The smallest absolute Gasteiger partial charge is 0.0619 e. The second-order valence-corrected chi connectivity index (χ2v) is 4.39. The van der Waals surface area contributed by atoms with E-state index in [0.717, 1.165) is 31.3 Å².